The summed E-state index contributed by atoms with van der Waals surface area (Å²) in [5, 5.41) is 8.27. The highest BCUT2D eigenvalue weighted by Gasteiger charge is 2.23. The van der Waals surface area contributed by atoms with Crippen LogP contribution in [0.25, 0.3) is 0 Å². The van der Waals surface area contributed by atoms with E-state index in [0.29, 0.717) is 18.2 Å². The van der Waals surface area contributed by atoms with Gasteiger partial charge in [-0.2, -0.15) is 0 Å². The van der Waals surface area contributed by atoms with Crippen molar-refractivity contribution in [1.29, 1.82) is 0 Å². The maximum Gasteiger partial charge on any atom is 0.252 e. The predicted molar refractivity (Wildman–Crippen MR) is 107 cm³/mol. The first-order chi connectivity index (χ1) is 13.9. The second-order valence-electron chi connectivity index (χ2n) is 6.85. The molecule has 0 heterocycles. The average Bonchev–Trinajstić information content (AvgIpc) is 3.50. The quantitative estimate of drug-likeness (QED) is 0.617. The molecule has 0 spiro atoms. The second-order valence-corrected chi connectivity index (χ2v) is 7.26. The predicted octanol–water partition coefficient (Wildman–Crippen LogP) is 2.81. The van der Waals surface area contributed by atoms with Gasteiger partial charge in [0.15, 0.2) is 0 Å². The smallest absolute Gasteiger partial charge is 0.252 e. The highest BCUT2D eigenvalue weighted by atomic mass is 35.5. The van der Waals surface area contributed by atoms with Crippen LogP contribution >= 0.6 is 11.6 Å². The van der Waals surface area contributed by atoms with Gasteiger partial charge < -0.3 is 16.0 Å². The van der Waals surface area contributed by atoms with Gasteiger partial charge in [0.2, 0.25) is 5.91 Å². The standard InChI is InChI=1S/C21H21ClFN3O3/c22-18-11-15(23)5-8-17(18)21(29)24-10-9-19(27)25-12-13-1-3-14(4-2-13)20(28)26-16-6-7-16/h1-5,8,11,16H,6-7,9-10,12H2,(H,24,29)(H,25,27)(H,26,28). The summed E-state index contributed by atoms with van der Waals surface area (Å²) in [4.78, 5) is 35.9. The number of rotatable bonds is 8. The molecule has 1 aliphatic carbocycles. The molecule has 3 rings (SSSR count). The number of halogens is 2. The Balaban J connectivity index is 1.38. The number of nitrogens with one attached hydrogen (secondary N) is 3. The first-order valence-corrected chi connectivity index (χ1v) is 9.70. The molecule has 0 unspecified atom stereocenters. The molecule has 0 aliphatic heterocycles. The third-order valence-electron chi connectivity index (χ3n) is 4.43. The zero-order chi connectivity index (χ0) is 20.8. The third kappa shape index (κ3) is 6.29. The topological polar surface area (TPSA) is 87.3 Å². The molecule has 2 aromatic rings. The van der Waals surface area contributed by atoms with Gasteiger partial charge in [-0.25, -0.2) is 4.39 Å². The first kappa shape index (κ1) is 20.8. The van der Waals surface area contributed by atoms with Crippen LogP contribution in [0.1, 0.15) is 45.5 Å². The lowest BCUT2D eigenvalue weighted by molar-refractivity contribution is -0.121. The van der Waals surface area contributed by atoms with E-state index in [0.717, 1.165) is 30.5 Å². The number of carbonyl (C=O) groups excluding carboxylic acids is 3. The maximum absolute atomic E-state index is 13.0. The number of benzene rings is 2. The van der Waals surface area contributed by atoms with Gasteiger partial charge in [0.05, 0.1) is 10.6 Å². The van der Waals surface area contributed by atoms with E-state index in [2.05, 4.69) is 16.0 Å². The van der Waals surface area contributed by atoms with Gasteiger partial charge in [-0.3, -0.25) is 14.4 Å². The van der Waals surface area contributed by atoms with Crippen LogP contribution in [0.2, 0.25) is 5.02 Å². The van der Waals surface area contributed by atoms with Crippen molar-refractivity contribution < 1.29 is 18.8 Å². The molecule has 1 saturated carbocycles. The van der Waals surface area contributed by atoms with Crippen LogP contribution in [0.5, 0.6) is 0 Å². The number of amides is 3. The van der Waals surface area contributed by atoms with Crippen molar-refractivity contribution in [1.82, 2.24) is 16.0 Å². The lowest BCUT2D eigenvalue weighted by Gasteiger charge is -2.09. The van der Waals surface area contributed by atoms with Crippen molar-refractivity contribution in [2.45, 2.75) is 31.8 Å². The van der Waals surface area contributed by atoms with E-state index in [-0.39, 0.29) is 35.4 Å². The van der Waals surface area contributed by atoms with Gasteiger partial charge >= 0.3 is 0 Å². The molecule has 6 nitrogen and oxygen atoms in total. The summed E-state index contributed by atoms with van der Waals surface area (Å²) < 4.78 is 13.0. The monoisotopic (exact) mass is 417 g/mol. The van der Waals surface area contributed by atoms with Gasteiger partial charge in [-0.15, -0.1) is 0 Å². The minimum Gasteiger partial charge on any atom is -0.352 e. The number of carbonyl (C=O) groups is 3. The molecule has 0 bridgehead atoms. The molecule has 8 heteroatoms. The van der Waals surface area contributed by atoms with Gasteiger partial charge in [-0.05, 0) is 48.7 Å². The fourth-order valence-electron chi connectivity index (χ4n) is 2.62. The fourth-order valence-corrected chi connectivity index (χ4v) is 2.87. The van der Waals surface area contributed by atoms with Crippen LogP contribution in [-0.4, -0.2) is 30.3 Å². The van der Waals surface area contributed by atoms with Crippen LogP contribution in [0.15, 0.2) is 42.5 Å². The van der Waals surface area contributed by atoms with Crippen LogP contribution in [0, 0.1) is 5.82 Å². The molecule has 1 fully saturated rings. The van der Waals surface area contributed by atoms with Crippen LogP contribution in [0.3, 0.4) is 0 Å². The van der Waals surface area contributed by atoms with Crippen molar-refractivity contribution in [2.75, 3.05) is 6.54 Å². The maximum atomic E-state index is 13.0. The lowest BCUT2D eigenvalue weighted by Crippen LogP contribution is -2.30. The third-order valence-corrected chi connectivity index (χ3v) is 4.74. The van der Waals surface area contributed by atoms with Crippen molar-refractivity contribution >= 4 is 29.3 Å². The highest BCUT2D eigenvalue weighted by molar-refractivity contribution is 6.33. The summed E-state index contributed by atoms with van der Waals surface area (Å²) in [7, 11) is 0. The largest absolute Gasteiger partial charge is 0.352 e. The van der Waals surface area contributed by atoms with Crippen molar-refractivity contribution in [3.63, 3.8) is 0 Å². The number of hydrogen-bond donors (Lipinski definition) is 3. The SMILES string of the molecule is O=C(CCNC(=O)c1ccc(F)cc1Cl)NCc1ccc(C(=O)NC2CC2)cc1. The summed E-state index contributed by atoms with van der Waals surface area (Å²) in [6.07, 6.45) is 2.16. The Morgan fingerprint density at radius 3 is 2.38 bits per heavy atom. The molecule has 2 aromatic carbocycles. The fraction of sp³-hybridized carbons (Fsp3) is 0.286. The highest BCUT2D eigenvalue weighted by Crippen LogP contribution is 2.19. The van der Waals surface area contributed by atoms with Gasteiger partial charge in [0, 0.05) is 31.1 Å². The van der Waals surface area contributed by atoms with Gasteiger partial charge in [0.1, 0.15) is 5.82 Å². The molecule has 0 saturated heterocycles. The van der Waals surface area contributed by atoms with Crippen molar-refractivity contribution in [3.8, 4) is 0 Å². The van der Waals surface area contributed by atoms with E-state index in [1.54, 1.807) is 24.3 Å². The Kier molecular flexibility index (Phi) is 6.82. The molecule has 152 valence electrons. The first-order valence-electron chi connectivity index (χ1n) is 9.32. The van der Waals surface area contributed by atoms with E-state index in [1.165, 1.54) is 6.07 Å². The molecule has 3 amide bonds. The van der Waals surface area contributed by atoms with E-state index < -0.39 is 11.7 Å². The molecule has 0 radical (unpaired) electrons. The average molecular weight is 418 g/mol. The zero-order valence-corrected chi connectivity index (χ0v) is 16.4. The summed E-state index contributed by atoms with van der Waals surface area (Å²) in [5.74, 6) is -1.31. The summed E-state index contributed by atoms with van der Waals surface area (Å²) in [6.45, 7) is 0.444. The Hall–Kier alpha value is -2.93. The Bertz CT molecular complexity index is 914. The zero-order valence-electron chi connectivity index (χ0n) is 15.6. The summed E-state index contributed by atoms with van der Waals surface area (Å²) >= 11 is 5.84. The van der Waals surface area contributed by atoms with Crippen molar-refractivity contribution in [3.05, 3.63) is 70.0 Å². The minimum atomic E-state index is -0.525. The van der Waals surface area contributed by atoms with Crippen LogP contribution in [-0.2, 0) is 11.3 Å². The molecule has 29 heavy (non-hydrogen) atoms. The summed E-state index contributed by atoms with van der Waals surface area (Å²) in [6, 6.07) is 10.8. The van der Waals surface area contributed by atoms with E-state index >= 15 is 0 Å². The Morgan fingerprint density at radius 1 is 1.00 bits per heavy atom. The molecule has 3 N–H and O–H groups in total. The second kappa shape index (κ2) is 9.52. The van der Waals surface area contributed by atoms with E-state index in [4.69, 9.17) is 11.6 Å². The van der Waals surface area contributed by atoms with Gasteiger partial charge in [0.25, 0.3) is 11.8 Å². The molecule has 1 aliphatic rings. The van der Waals surface area contributed by atoms with Gasteiger partial charge in [-0.1, -0.05) is 23.7 Å². The Labute approximate surface area is 172 Å². The Morgan fingerprint density at radius 2 is 1.72 bits per heavy atom. The van der Waals surface area contributed by atoms with E-state index in [1.807, 2.05) is 0 Å². The van der Waals surface area contributed by atoms with E-state index in [9.17, 15) is 18.8 Å². The molecule has 0 aromatic heterocycles. The molecular weight excluding hydrogens is 397 g/mol. The normalized spacial score (nSPS) is 12.9. The molecule has 0 atom stereocenters. The summed E-state index contributed by atoms with van der Waals surface area (Å²) in [5.41, 5.74) is 1.61. The minimum absolute atomic E-state index is 0.0150. The van der Waals surface area contributed by atoms with Crippen LogP contribution < -0.4 is 16.0 Å². The molecular formula is C21H21ClFN3O3. The number of hydrogen-bond acceptors (Lipinski definition) is 3. The van der Waals surface area contributed by atoms with Crippen LogP contribution in [0.4, 0.5) is 4.39 Å². The van der Waals surface area contributed by atoms with Crippen molar-refractivity contribution in [2.24, 2.45) is 0 Å². The lowest BCUT2D eigenvalue weighted by atomic mass is 10.1.